The molecule has 2 rings (SSSR count). The van der Waals surface area contributed by atoms with E-state index in [1.165, 1.54) is 0 Å². The van der Waals surface area contributed by atoms with Gasteiger partial charge in [-0.05, 0) is 17.2 Å². The molecule has 110 valence electrons. The number of rotatable bonds is 2. The van der Waals surface area contributed by atoms with Crippen LogP contribution < -0.4 is 5.32 Å². The zero-order valence-corrected chi connectivity index (χ0v) is 11.0. The Balaban J connectivity index is 2.44. The Morgan fingerprint density at radius 2 is 1.80 bits per heavy atom. The van der Waals surface area contributed by atoms with E-state index in [9.17, 15) is 26.7 Å². The number of nitrogens with one attached hydrogen (secondary N) is 1. The van der Waals surface area contributed by atoms with Gasteiger partial charge >= 0.3 is 12.1 Å². The molecule has 0 aliphatic carbocycles. The summed E-state index contributed by atoms with van der Waals surface area (Å²) in [5, 5.41) is -0.639. The van der Waals surface area contributed by atoms with Gasteiger partial charge in [0.15, 0.2) is 0 Å². The second-order valence-electron chi connectivity index (χ2n) is 4.24. The molecule has 1 aromatic carbocycles. The average molecular weight is 334 g/mol. The van der Waals surface area contributed by atoms with Crippen molar-refractivity contribution in [2.75, 3.05) is 5.32 Å². The number of carbonyl (C=O) groups excluding carboxylic acids is 1. The fourth-order valence-corrected chi connectivity index (χ4v) is 2.43. The van der Waals surface area contributed by atoms with Gasteiger partial charge in [-0.15, -0.1) is 11.6 Å². The number of amides is 1. The minimum absolute atomic E-state index is 0.124. The van der Waals surface area contributed by atoms with Gasteiger partial charge in [0.05, 0.1) is 6.42 Å². The highest BCUT2D eigenvalue weighted by Gasteiger charge is 2.62. The van der Waals surface area contributed by atoms with Gasteiger partial charge in [0.2, 0.25) is 5.91 Å². The lowest BCUT2D eigenvalue weighted by molar-refractivity contribution is -0.283. The van der Waals surface area contributed by atoms with E-state index in [4.69, 9.17) is 23.2 Å². The second-order valence-corrected chi connectivity index (χ2v) is 5.08. The third kappa shape index (κ3) is 2.44. The molecule has 0 saturated carbocycles. The number of hydrogen-bond acceptors (Lipinski definition) is 1. The summed E-state index contributed by atoms with van der Waals surface area (Å²) in [6, 6.07) is 2.10. The Morgan fingerprint density at radius 1 is 1.20 bits per heavy atom. The summed E-state index contributed by atoms with van der Waals surface area (Å²) in [5.74, 6) is -5.54. The Hall–Kier alpha value is -1.08. The Bertz CT molecular complexity index is 573. The maximum Gasteiger partial charge on any atom is 0.455 e. The third-order valence-electron chi connectivity index (χ3n) is 2.82. The highest BCUT2D eigenvalue weighted by atomic mass is 35.5. The van der Waals surface area contributed by atoms with Crippen LogP contribution >= 0.6 is 23.2 Å². The quantitative estimate of drug-likeness (QED) is 0.634. The number of anilines is 1. The zero-order chi connectivity index (χ0) is 15.3. The van der Waals surface area contributed by atoms with Gasteiger partial charge in [-0.1, -0.05) is 17.7 Å². The van der Waals surface area contributed by atoms with Crippen molar-refractivity contribution in [3.8, 4) is 0 Å². The van der Waals surface area contributed by atoms with Crippen LogP contribution in [0.25, 0.3) is 0 Å². The van der Waals surface area contributed by atoms with Gasteiger partial charge in [-0.25, -0.2) is 0 Å². The molecule has 2 nitrogen and oxygen atoms in total. The lowest BCUT2D eigenvalue weighted by Crippen LogP contribution is -2.40. The molecule has 0 spiro atoms. The van der Waals surface area contributed by atoms with Crippen molar-refractivity contribution in [2.24, 2.45) is 0 Å². The monoisotopic (exact) mass is 333 g/mol. The molecular formula is C11H6Cl2F5NO. The predicted octanol–water partition coefficient (Wildman–Crippen LogP) is 4.31. The number of alkyl halides is 6. The van der Waals surface area contributed by atoms with Crippen molar-refractivity contribution in [1.29, 1.82) is 0 Å². The van der Waals surface area contributed by atoms with Gasteiger partial charge in [0.1, 0.15) is 5.38 Å². The highest BCUT2D eigenvalue weighted by molar-refractivity contribution is 6.33. The maximum atomic E-state index is 13.2. The smallest absolute Gasteiger partial charge is 0.325 e. The SMILES string of the molecule is O=C1Cc2cc(C(Cl)C(F)(F)C(F)(F)F)c(Cl)cc2N1. The van der Waals surface area contributed by atoms with Gasteiger partial charge in [-0.2, -0.15) is 22.0 Å². The lowest BCUT2D eigenvalue weighted by Gasteiger charge is -2.25. The van der Waals surface area contributed by atoms with Crippen LogP contribution in [0.15, 0.2) is 12.1 Å². The van der Waals surface area contributed by atoms with Crippen molar-refractivity contribution in [1.82, 2.24) is 0 Å². The van der Waals surface area contributed by atoms with Crippen LogP contribution in [0, 0.1) is 0 Å². The minimum atomic E-state index is -5.80. The molecule has 1 amide bonds. The first-order valence-electron chi connectivity index (χ1n) is 5.25. The van der Waals surface area contributed by atoms with E-state index in [0.717, 1.165) is 12.1 Å². The second kappa shape index (κ2) is 4.73. The first-order valence-corrected chi connectivity index (χ1v) is 6.06. The van der Waals surface area contributed by atoms with Crippen molar-refractivity contribution < 1.29 is 26.7 Å². The van der Waals surface area contributed by atoms with Crippen LogP contribution in [0.5, 0.6) is 0 Å². The number of halogens is 7. The van der Waals surface area contributed by atoms with E-state index in [1.807, 2.05) is 0 Å². The summed E-state index contributed by atoms with van der Waals surface area (Å²) in [6.45, 7) is 0. The molecule has 1 aliphatic rings. The van der Waals surface area contributed by atoms with Crippen LogP contribution in [0.1, 0.15) is 16.5 Å². The normalized spacial score (nSPS) is 16.9. The highest BCUT2D eigenvalue weighted by Crippen LogP contribution is 2.50. The first-order chi connectivity index (χ1) is 9.04. The molecule has 0 bridgehead atoms. The fraction of sp³-hybridized carbons (Fsp3) is 0.364. The summed E-state index contributed by atoms with van der Waals surface area (Å²) < 4.78 is 63.3. The standard InChI is InChI=1S/C11H6Cl2F5NO/c12-6-3-7-4(2-8(20)19-7)1-5(6)9(13)10(14,15)11(16,17)18/h1,3,9H,2H2,(H,19,20). The fourth-order valence-electron chi connectivity index (χ4n) is 1.80. The molecule has 0 aromatic heterocycles. The average Bonchev–Trinajstić information content (AvgIpc) is 2.64. The molecule has 1 heterocycles. The molecule has 0 saturated heterocycles. The lowest BCUT2D eigenvalue weighted by atomic mass is 10.0. The first kappa shape index (κ1) is 15.3. The van der Waals surface area contributed by atoms with Crippen molar-refractivity contribution in [3.63, 3.8) is 0 Å². The topological polar surface area (TPSA) is 29.1 Å². The summed E-state index contributed by atoms with van der Waals surface area (Å²) >= 11 is 10.9. The number of benzene rings is 1. The third-order valence-corrected chi connectivity index (χ3v) is 3.65. The number of fused-ring (bicyclic) bond motifs is 1. The molecule has 1 aliphatic heterocycles. The van der Waals surface area contributed by atoms with Gasteiger partial charge < -0.3 is 5.32 Å². The molecule has 1 aromatic rings. The molecule has 1 unspecified atom stereocenters. The van der Waals surface area contributed by atoms with Crippen LogP contribution in [0.2, 0.25) is 5.02 Å². The predicted molar refractivity (Wildman–Crippen MR) is 63.4 cm³/mol. The van der Waals surface area contributed by atoms with Crippen molar-refractivity contribution in [3.05, 3.63) is 28.3 Å². The van der Waals surface area contributed by atoms with E-state index in [0.29, 0.717) is 0 Å². The number of hydrogen-bond donors (Lipinski definition) is 1. The molecule has 1 N–H and O–H groups in total. The van der Waals surface area contributed by atoms with E-state index >= 15 is 0 Å². The van der Waals surface area contributed by atoms with Crippen LogP contribution in [-0.4, -0.2) is 18.0 Å². The van der Waals surface area contributed by atoms with Gasteiger partial charge in [-0.3, -0.25) is 4.79 Å². The maximum absolute atomic E-state index is 13.2. The van der Waals surface area contributed by atoms with Crippen LogP contribution in [0.3, 0.4) is 0 Å². The van der Waals surface area contributed by atoms with Crippen molar-refractivity contribution in [2.45, 2.75) is 23.9 Å². The summed E-state index contributed by atoms with van der Waals surface area (Å²) in [7, 11) is 0. The Morgan fingerprint density at radius 3 is 2.35 bits per heavy atom. The molecule has 20 heavy (non-hydrogen) atoms. The molecule has 0 radical (unpaired) electrons. The Labute approximate surface area is 119 Å². The summed E-state index contributed by atoms with van der Waals surface area (Å²) in [6.07, 6.45) is -5.92. The zero-order valence-electron chi connectivity index (χ0n) is 9.49. The van der Waals surface area contributed by atoms with Gasteiger partial charge in [0, 0.05) is 10.7 Å². The molecule has 9 heteroatoms. The molecule has 1 atom stereocenters. The number of carbonyl (C=O) groups is 1. The summed E-state index contributed by atoms with van der Waals surface area (Å²) in [4.78, 5) is 11.1. The molecule has 0 fully saturated rings. The van der Waals surface area contributed by atoms with E-state index in [1.54, 1.807) is 0 Å². The van der Waals surface area contributed by atoms with Crippen molar-refractivity contribution >= 4 is 34.8 Å². The summed E-state index contributed by atoms with van der Waals surface area (Å²) in [5.41, 5.74) is -0.00752. The van der Waals surface area contributed by atoms with E-state index in [2.05, 4.69) is 5.32 Å². The van der Waals surface area contributed by atoms with E-state index in [-0.39, 0.29) is 22.7 Å². The van der Waals surface area contributed by atoms with E-state index < -0.39 is 28.9 Å². The van der Waals surface area contributed by atoms with Crippen LogP contribution in [-0.2, 0) is 11.2 Å². The Kier molecular flexibility index (Phi) is 3.62. The largest absolute Gasteiger partial charge is 0.455 e. The van der Waals surface area contributed by atoms with Crippen LogP contribution in [0.4, 0.5) is 27.6 Å². The minimum Gasteiger partial charge on any atom is -0.325 e. The van der Waals surface area contributed by atoms with Gasteiger partial charge in [0.25, 0.3) is 0 Å². The molecular weight excluding hydrogens is 328 g/mol.